The zero-order valence-electron chi connectivity index (χ0n) is 17.1. The van der Waals surface area contributed by atoms with Gasteiger partial charge in [-0.15, -0.1) is 35.3 Å². The van der Waals surface area contributed by atoms with E-state index < -0.39 is 0 Å². The van der Waals surface area contributed by atoms with Crippen LogP contribution < -0.4 is 15.5 Å². The number of anilines is 1. The second-order valence-corrected chi connectivity index (χ2v) is 8.74. The van der Waals surface area contributed by atoms with Crippen molar-refractivity contribution in [1.82, 2.24) is 20.8 Å². The van der Waals surface area contributed by atoms with Gasteiger partial charge in [-0.05, 0) is 37.3 Å². The standard InChI is InChI=1S/C19H30N6OS.HI/c1-5-20-18(21-13-15-23-17(26-24-15)19(2,3)4)22-14-8-10-25(11-9-14)16-7-6-12-27-16;/h6-7,12,14H,5,8-11,13H2,1-4H3,(H2,20,21,22);1H. The third kappa shape index (κ3) is 6.33. The number of halogens is 1. The summed E-state index contributed by atoms with van der Waals surface area (Å²) in [6.45, 7) is 11.6. The molecule has 2 aromatic heterocycles. The Kier molecular flexibility index (Phi) is 8.54. The molecule has 0 aromatic carbocycles. The van der Waals surface area contributed by atoms with Gasteiger partial charge in [-0.25, -0.2) is 4.99 Å². The van der Waals surface area contributed by atoms with Crippen LogP contribution in [0.4, 0.5) is 5.00 Å². The molecule has 7 nitrogen and oxygen atoms in total. The van der Waals surface area contributed by atoms with Crippen LogP contribution in [0.5, 0.6) is 0 Å². The van der Waals surface area contributed by atoms with Crippen LogP contribution in [0.25, 0.3) is 0 Å². The highest BCUT2D eigenvalue weighted by molar-refractivity contribution is 14.0. The smallest absolute Gasteiger partial charge is 0.232 e. The maximum atomic E-state index is 5.34. The summed E-state index contributed by atoms with van der Waals surface area (Å²) in [5.41, 5.74) is -0.145. The summed E-state index contributed by atoms with van der Waals surface area (Å²) in [5.74, 6) is 2.07. The van der Waals surface area contributed by atoms with Gasteiger partial charge in [-0.1, -0.05) is 25.9 Å². The molecule has 0 amide bonds. The number of thiophene rings is 1. The molecule has 2 aromatic rings. The van der Waals surface area contributed by atoms with E-state index in [-0.39, 0.29) is 29.4 Å². The fourth-order valence-electron chi connectivity index (χ4n) is 2.98. The maximum absolute atomic E-state index is 5.34. The van der Waals surface area contributed by atoms with Gasteiger partial charge in [0.1, 0.15) is 6.54 Å². The summed E-state index contributed by atoms with van der Waals surface area (Å²) < 4.78 is 5.34. The summed E-state index contributed by atoms with van der Waals surface area (Å²) in [5, 5.41) is 14.4. The summed E-state index contributed by atoms with van der Waals surface area (Å²) >= 11 is 1.81. The highest BCUT2D eigenvalue weighted by atomic mass is 127. The number of piperidine rings is 1. The lowest BCUT2D eigenvalue weighted by Gasteiger charge is -2.33. The third-order valence-electron chi connectivity index (χ3n) is 4.49. The zero-order valence-corrected chi connectivity index (χ0v) is 20.2. The summed E-state index contributed by atoms with van der Waals surface area (Å²) in [4.78, 5) is 11.6. The number of rotatable bonds is 5. The Bertz CT molecular complexity index is 732. The average molecular weight is 518 g/mol. The molecule has 0 saturated carbocycles. The largest absolute Gasteiger partial charge is 0.363 e. The molecule has 0 aliphatic carbocycles. The van der Waals surface area contributed by atoms with Crippen molar-refractivity contribution in [2.45, 2.75) is 58.5 Å². The van der Waals surface area contributed by atoms with E-state index in [0.29, 0.717) is 24.3 Å². The molecule has 2 N–H and O–H groups in total. The van der Waals surface area contributed by atoms with Crippen LogP contribution in [0.1, 0.15) is 52.3 Å². The van der Waals surface area contributed by atoms with Crippen LogP contribution in [-0.2, 0) is 12.0 Å². The SMILES string of the molecule is CCNC(=NCc1noc(C(C)(C)C)n1)NC1CCN(c2cccs2)CC1.I. The fraction of sp³-hybridized carbons (Fsp3) is 0.632. The quantitative estimate of drug-likeness (QED) is 0.357. The molecule has 156 valence electrons. The minimum atomic E-state index is -0.145. The first-order valence-corrected chi connectivity index (χ1v) is 10.5. The van der Waals surface area contributed by atoms with Crippen molar-refractivity contribution >= 4 is 46.3 Å². The van der Waals surface area contributed by atoms with E-state index in [9.17, 15) is 0 Å². The molecule has 3 rings (SSSR count). The molecule has 1 aliphatic heterocycles. The summed E-state index contributed by atoms with van der Waals surface area (Å²) in [7, 11) is 0. The van der Waals surface area contributed by atoms with Gasteiger partial charge in [0.15, 0.2) is 11.8 Å². The number of nitrogens with zero attached hydrogens (tertiary/aromatic N) is 4. The molecule has 3 heterocycles. The lowest BCUT2D eigenvalue weighted by Crippen LogP contribution is -2.48. The number of aliphatic imine (C=N–C) groups is 1. The molecule has 1 fully saturated rings. The number of aromatic nitrogens is 2. The molecule has 9 heteroatoms. The molecule has 0 bridgehead atoms. The Balaban J connectivity index is 0.00000280. The molecule has 1 saturated heterocycles. The van der Waals surface area contributed by atoms with Gasteiger partial charge < -0.3 is 20.1 Å². The van der Waals surface area contributed by atoms with Crippen molar-refractivity contribution in [2.75, 3.05) is 24.5 Å². The Hall–Kier alpha value is -1.36. The minimum Gasteiger partial charge on any atom is -0.363 e. The van der Waals surface area contributed by atoms with Crippen LogP contribution in [-0.4, -0.2) is 41.8 Å². The van der Waals surface area contributed by atoms with Gasteiger partial charge in [-0.3, -0.25) is 0 Å². The van der Waals surface area contributed by atoms with E-state index in [1.807, 2.05) is 11.3 Å². The second-order valence-electron chi connectivity index (χ2n) is 7.82. The van der Waals surface area contributed by atoms with Gasteiger partial charge in [0.25, 0.3) is 0 Å². The summed E-state index contributed by atoms with van der Waals surface area (Å²) in [6.07, 6.45) is 2.19. The van der Waals surface area contributed by atoms with Crippen LogP contribution in [0.15, 0.2) is 27.0 Å². The van der Waals surface area contributed by atoms with Gasteiger partial charge in [0.05, 0.1) is 5.00 Å². The Labute approximate surface area is 188 Å². The topological polar surface area (TPSA) is 78.6 Å². The Morgan fingerprint density at radius 1 is 1.36 bits per heavy atom. The predicted octanol–water partition coefficient (Wildman–Crippen LogP) is 3.77. The van der Waals surface area contributed by atoms with Crippen molar-refractivity contribution < 1.29 is 4.52 Å². The Morgan fingerprint density at radius 2 is 2.11 bits per heavy atom. The number of hydrogen-bond acceptors (Lipinski definition) is 6. The van der Waals surface area contributed by atoms with Crippen LogP contribution in [0, 0.1) is 0 Å². The Morgan fingerprint density at radius 3 is 2.68 bits per heavy atom. The maximum Gasteiger partial charge on any atom is 0.232 e. The monoisotopic (exact) mass is 518 g/mol. The second kappa shape index (κ2) is 10.4. The van der Waals surface area contributed by atoms with Crippen LogP contribution >= 0.6 is 35.3 Å². The van der Waals surface area contributed by atoms with Crippen molar-refractivity contribution in [3.05, 3.63) is 29.2 Å². The van der Waals surface area contributed by atoms with E-state index in [4.69, 9.17) is 4.52 Å². The molecule has 0 unspecified atom stereocenters. The number of hydrogen-bond donors (Lipinski definition) is 2. The van der Waals surface area contributed by atoms with Crippen LogP contribution in [0.2, 0.25) is 0 Å². The molecular formula is C19H31IN6OS. The number of nitrogens with one attached hydrogen (secondary N) is 2. The van der Waals surface area contributed by atoms with Crippen LogP contribution in [0.3, 0.4) is 0 Å². The van der Waals surface area contributed by atoms with Gasteiger partial charge in [-0.2, -0.15) is 4.98 Å². The highest BCUT2D eigenvalue weighted by Crippen LogP contribution is 2.24. The number of guanidine groups is 1. The van der Waals surface area contributed by atoms with E-state index in [1.54, 1.807) is 0 Å². The third-order valence-corrected chi connectivity index (χ3v) is 5.42. The van der Waals surface area contributed by atoms with Crippen molar-refractivity contribution in [3.8, 4) is 0 Å². The minimum absolute atomic E-state index is 0. The van der Waals surface area contributed by atoms with E-state index in [0.717, 1.165) is 38.4 Å². The predicted molar refractivity (Wildman–Crippen MR) is 126 cm³/mol. The van der Waals surface area contributed by atoms with Gasteiger partial charge in [0.2, 0.25) is 5.89 Å². The van der Waals surface area contributed by atoms with Crippen molar-refractivity contribution in [2.24, 2.45) is 4.99 Å². The molecule has 28 heavy (non-hydrogen) atoms. The first kappa shape index (κ1) is 22.9. The van der Waals surface area contributed by atoms with E-state index in [2.05, 4.69) is 75.9 Å². The first-order chi connectivity index (χ1) is 13.0. The van der Waals surface area contributed by atoms with Gasteiger partial charge in [0, 0.05) is 31.1 Å². The molecule has 0 atom stereocenters. The van der Waals surface area contributed by atoms with Gasteiger partial charge >= 0.3 is 0 Å². The lowest BCUT2D eigenvalue weighted by atomic mass is 9.97. The molecule has 0 radical (unpaired) electrons. The highest BCUT2D eigenvalue weighted by Gasteiger charge is 2.22. The summed E-state index contributed by atoms with van der Waals surface area (Å²) in [6, 6.07) is 4.73. The van der Waals surface area contributed by atoms with Crippen molar-refractivity contribution in [3.63, 3.8) is 0 Å². The fourth-order valence-corrected chi connectivity index (χ4v) is 3.77. The first-order valence-electron chi connectivity index (χ1n) is 9.62. The van der Waals surface area contributed by atoms with Crippen molar-refractivity contribution in [1.29, 1.82) is 0 Å². The van der Waals surface area contributed by atoms with E-state index in [1.165, 1.54) is 5.00 Å². The zero-order chi connectivity index (χ0) is 19.3. The average Bonchev–Trinajstić information content (AvgIpc) is 3.32. The molecule has 1 aliphatic rings. The van der Waals surface area contributed by atoms with E-state index >= 15 is 0 Å². The molecule has 0 spiro atoms. The lowest BCUT2D eigenvalue weighted by molar-refractivity contribution is 0.318. The normalized spacial score (nSPS) is 16.0. The molecular weight excluding hydrogens is 487 g/mol.